The molecule has 0 aliphatic rings. The van der Waals surface area contributed by atoms with Crippen molar-refractivity contribution in [1.29, 1.82) is 0 Å². The van der Waals surface area contributed by atoms with Crippen LogP contribution in [0.2, 0.25) is 10.0 Å². The summed E-state index contributed by atoms with van der Waals surface area (Å²) in [6.07, 6.45) is 5.67. The fourth-order valence-electron chi connectivity index (χ4n) is 0.788. The number of ether oxygens (including phenoxy) is 1. The molecule has 2 aromatic heterocycles. The summed E-state index contributed by atoms with van der Waals surface area (Å²) in [4.78, 5) is 15.3. The van der Waals surface area contributed by atoms with E-state index in [4.69, 9.17) is 27.9 Å². The van der Waals surface area contributed by atoms with Gasteiger partial charge in [0.2, 0.25) is 0 Å². The Bertz CT molecular complexity index is 402. The van der Waals surface area contributed by atoms with Gasteiger partial charge in [-0.1, -0.05) is 23.2 Å². The molecule has 7 heteroatoms. The molecular weight excluding hydrogens is 239 g/mol. The molecule has 76 valence electrons. The Morgan fingerprint density at radius 3 is 1.40 bits per heavy atom. The first-order valence-corrected chi connectivity index (χ1v) is 4.62. The second-order valence-corrected chi connectivity index (χ2v) is 3.34. The van der Waals surface area contributed by atoms with E-state index < -0.39 is 0 Å². The molecule has 0 saturated carbocycles. The number of hydrogen-bond acceptors (Lipinski definition) is 5. The average molecular weight is 243 g/mol. The van der Waals surface area contributed by atoms with Crippen LogP contribution in [0.15, 0.2) is 24.8 Å². The Morgan fingerprint density at radius 2 is 1.07 bits per heavy atom. The van der Waals surface area contributed by atoms with Gasteiger partial charge in [0.05, 0.1) is 34.8 Å². The van der Waals surface area contributed by atoms with Gasteiger partial charge in [0.25, 0.3) is 0 Å². The lowest BCUT2D eigenvalue weighted by atomic mass is 10.7. The molecule has 0 saturated heterocycles. The van der Waals surface area contributed by atoms with Crippen LogP contribution in [0.25, 0.3) is 0 Å². The third kappa shape index (κ3) is 2.74. The minimum atomic E-state index is 0.127. The van der Waals surface area contributed by atoms with Gasteiger partial charge in [-0.05, 0) is 0 Å². The first-order valence-electron chi connectivity index (χ1n) is 3.87. The van der Waals surface area contributed by atoms with Crippen molar-refractivity contribution in [1.82, 2.24) is 19.9 Å². The van der Waals surface area contributed by atoms with Crippen molar-refractivity contribution in [3.05, 3.63) is 34.8 Å². The highest BCUT2D eigenvalue weighted by molar-refractivity contribution is 6.30. The zero-order valence-corrected chi connectivity index (χ0v) is 8.77. The highest BCUT2D eigenvalue weighted by Gasteiger charge is 2.02. The van der Waals surface area contributed by atoms with E-state index in [1.54, 1.807) is 0 Å². The predicted octanol–water partition coefficient (Wildman–Crippen LogP) is 2.37. The molecule has 0 bridgehead atoms. The Balaban J connectivity index is 2.15. The summed E-state index contributed by atoms with van der Waals surface area (Å²) in [7, 11) is 0. The Hall–Kier alpha value is -1.46. The topological polar surface area (TPSA) is 60.8 Å². The summed E-state index contributed by atoms with van der Waals surface area (Å²) < 4.78 is 5.13. The molecule has 0 unspecified atom stereocenters. The van der Waals surface area contributed by atoms with Gasteiger partial charge in [0.15, 0.2) is 0 Å². The van der Waals surface area contributed by atoms with Crippen LogP contribution in [-0.2, 0) is 0 Å². The minimum Gasteiger partial charge on any atom is -0.388 e. The van der Waals surface area contributed by atoms with Crippen LogP contribution in [-0.4, -0.2) is 19.9 Å². The monoisotopic (exact) mass is 242 g/mol. The molecule has 0 aromatic carbocycles. The number of nitrogens with zero attached hydrogens (tertiary/aromatic N) is 4. The van der Waals surface area contributed by atoms with E-state index in [-0.39, 0.29) is 12.0 Å². The molecule has 15 heavy (non-hydrogen) atoms. The lowest BCUT2D eigenvalue weighted by molar-refractivity contribution is 0.407. The van der Waals surface area contributed by atoms with Gasteiger partial charge in [-0.25, -0.2) is 19.9 Å². The minimum absolute atomic E-state index is 0.127. The highest BCUT2D eigenvalue weighted by atomic mass is 35.5. The van der Waals surface area contributed by atoms with Crippen LogP contribution >= 0.6 is 23.2 Å². The Kier molecular flexibility index (Phi) is 2.94. The van der Waals surface area contributed by atoms with Crippen LogP contribution in [0, 0.1) is 0 Å². The summed E-state index contributed by atoms with van der Waals surface area (Å²) in [5.41, 5.74) is 0. The predicted molar refractivity (Wildman–Crippen MR) is 54.2 cm³/mol. The molecule has 2 rings (SSSR count). The van der Waals surface area contributed by atoms with Crippen LogP contribution in [0.4, 0.5) is 0 Å². The van der Waals surface area contributed by atoms with E-state index in [9.17, 15) is 0 Å². The van der Waals surface area contributed by atoms with Gasteiger partial charge in [-0.3, -0.25) is 0 Å². The Morgan fingerprint density at radius 1 is 0.733 bits per heavy atom. The molecule has 0 amide bonds. The second-order valence-electron chi connectivity index (χ2n) is 2.47. The quantitative estimate of drug-likeness (QED) is 0.810. The average Bonchev–Trinajstić information content (AvgIpc) is 2.25. The normalized spacial score (nSPS) is 10.0. The lowest BCUT2D eigenvalue weighted by Gasteiger charge is -2.00. The van der Waals surface area contributed by atoms with Gasteiger partial charge < -0.3 is 4.74 Å². The van der Waals surface area contributed by atoms with Gasteiger partial charge >= 0.3 is 12.0 Å². The van der Waals surface area contributed by atoms with Crippen LogP contribution in [0.3, 0.4) is 0 Å². The first-order chi connectivity index (χ1) is 7.24. The molecule has 0 radical (unpaired) electrons. The van der Waals surface area contributed by atoms with Crippen LogP contribution in [0.1, 0.15) is 0 Å². The van der Waals surface area contributed by atoms with E-state index in [0.29, 0.717) is 10.0 Å². The SMILES string of the molecule is Clc1cnc(Oc2ncc(Cl)cn2)nc1. The molecule has 0 aliphatic carbocycles. The number of hydrogen-bond donors (Lipinski definition) is 0. The molecule has 0 aliphatic heterocycles. The maximum atomic E-state index is 5.61. The van der Waals surface area contributed by atoms with Gasteiger partial charge in [0, 0.05) is 0 Å². The lowest BCUT2D eigenvalue weighted by Crippen LogP contribution is -1.94. The molecule has 5 nitrogen and oxygen atoms in total. The largest absolute Gasteiger partial charge is 0.388 e. The van der Waals surface area contributed by atoms with E-state index in [1.807, 2.05) is 0 Å². The van der Waals surface area contributed by atoms with Crippen molar-refractivity contribution in [3.8, 4) is 12.0 Å². The summed E-state index contributed by atoms with van der Waals surface area (Å²) >= 11 is 11.2. The van der Waals surface area contributed by atoms with Crippen LogP contribution in [0.5, 0.6) is 12.0 Å². The summed E-state index contributed by atoms with van der Waals surface area (Å²) in [5, 5.41) is 0.860. The fraction of sp³-hybridized carbons (Fsp3) is 0. The maximum Gasteiger partial charge on any atom is 0.324 e. The fourth-order valence-corrected chi connectivity index (χ4v) is 0.983. The summed E-state index contributed by atoms with van der Waals surface area (Å²) in [6.45, 7) is 0. The van der Waals surface area contributed by atoms with Crippen molar-refractivity contribution >= 4 is 23.2 Å². The van der Waals surface area contributed by atoms with E-state index in [1.165, 1.54) is 24.8 Å². The number of rotatable bonds is 2. The molecule has 0 atom stereocenters. The van der Waals surface area contributed by atoms with Gasteiger partial charge in [-0.15, -0.1) is 0 Å². The third-order valence-electron chi connectivity index (χ3n) is 1.38. The molecule has 0 N–H and O–H groups in total. The molecular formula is C8H4Cl2N4O. The Labute approximate surface area is 95.1 Å². The van der Waals surface area contributed by atoms with Crippen molar-refractivity contribution in [2.75, 3.05) is 0 Å². The summed E-state index contributed by atoms with van der Waals surface area (Å²) in [5.74, 6) is 0. The van der Waals surface area contributed by atoms with E-state index in [0.717, 1.165) is 0 Å². The smallest absolute Gasteiger partial charge is 0.324 e. The van der Waals surface area contributed by atoms with Crippen molar-refractivity contribution in [3.63, 3.8) is 0 Å². The zero-order valence-electron chi connectivity index (χ0n) is 7.26. The molecule has 0 spiro atoms. The summed E-state index contributed by atoms with van der Waals surface area (Å²) in [6, 6.07) is 0.253. The highest BCUT2D eigenvalue weighted by Crippen LogP contribution is 2.14. The van der Waals surface area contributed by atoms with Gasteiger partial charge in [0.1, 0.15) is 0 Å². The van der Waals surface area contributed by atoms with Crippen molar-refractivity contribution < 1.29 is 4.74 Å². The standard InChI is InChI=1S/C8H4Cl2N4O/c9-5-1-11-7(12-2-5)15-8-13-3-6(10)4-14-8/h1-4H. The number of aromatic nitrogens is 4. The van der Waals surface area contributed by atoms with Crippen molar-refractivity contribution in [2.24, 2.45) is 0 Å². The maximum absolute atomic E-state index is 5.61. The van der Waals surface area contributed by atoms with Crippen molar-refractivity contribution in [2.45, 2.75) is 0 Å². The molecule has 2 heterocycles. The molecule has 2 aromatic rings. The third-order valence-corrected chi connectivity index (χ3v) is 1.77. The van der Waals surface area contributed by atoms with E-state index >= 15 is 0 Å². The van der Waals surface area contributed by atoms with E-state index in [2.05, 4.69) is 19.9 Å². The van der Waals surface area contributed by atoms with Crippen LogP contribution < -0.4 is 4.74 Å². The molecule has 0 fully saturated rings. The number of halogens is 2. The van der Waals surface area contributed by atoms with Gasteiger partial charge in [-0.2, -0.15) is 0 Å². The zero-order chi connectivity index (χ0) is 10.7. The first kappa shape index (κ1) is 10.1. The second kappa shape index (κ2) is 4.37.